The minimum atomic E-state index is 0.453. The first kappa shape index (κ1) is 11.0. The smallest absolute Gasteiger partial charge is 0.0110 e. The van der Waals surface area contributed by atoms with Crippen LogP contribution >= 0.6 is 0 Å². The van der Waals surface area contributed by atoms with Crippen LogP contribution in [0.15, 0.2) is 0 Å². The molecule has 1 aliphatic heterocycles. The van der Waals surface area contributed by atoms with Crippen molar-refractivity contribution in [3.05, 3.63) is 0 Å². The van der Waals surface area contributed by atoms with Crippen LogP contribution in [0.2, 0.25) is 0 Å². The standard InChI is InChI=1S/C11H24N2/c1-5-12-6-8-13(9-7-12)10-11(2,3)4/h5-10H2,1-4H3. The fourth-order valence-corrected chi connectivity index (χ4v) is 1.93. The maximum atomic E-state index is 2.59. The third-order valence-electron chi connectivity index (χ3n) is 2.61. The molecule has 1 aliphatic rings. The number of hydrogen-bond acceptors (Lipinski definition) is 2. The molecule has 1 fully saturated rings. The Hall–Kier alpha value is -0.0800. The zero-order chi connectivity index (χ0) is 9.90. The Labute approximate surface area is 82.9 Å². The van der Waals surface area contributed by atoms with Gasteiger partial charge in [-0.2, -0.15) is 0 Å². The zero-order valence-electron chi connectivity index (χ0n) is 9.64. The molecule has 0 aromatic carbocycles. The van der Waals surface area contributed by atoms with Crippen molar-refractivity contribution in [1.82, 2.24) is 9.80 Å². The molecule has 0 aromatic heterocycles. The average Bonchev–Trinajstić information content (AvgIpc) is 2.03. The van der Waals surface area contributed by atoms with Gasteiger partial charge in [-0.3, -0.25) is 0 Å². The molecule has 0 saturated carbocycles. The molecule has 2 heteroatoms. The van der Waals surface area contributed by atoms with Gasteiger partial charge in [-0.1, -0.05) is 27.7 Å². The van der Waals surface area contributed by atoms with Gasteiger partial charge < -0.3 is 9.80 Å². The SMILES string of the molecule is CCN1CCN(CC(C)(C)C)CC1. The molecule has 2 nitrogen and oxygen atoms in total. The molecule has 0 radical (unpaired) electrons. The average molecular weight is 184 g/mol. The molecular formula is C11H24N2. The summed E-state index contributed by atoms with van der Waals surface area (Å²) in [5.41, 5.74) is 0.453. The van der Waals surface area contributed by atoms with Crippen molar-refractivity contribution >= 4 is 0 Å². The quantitative estimate of drug-likeness (QED) is 0.644. The molecule has 0 unspecified atom stereocenters. The highest BCUT2D eigenvalue weighted by Gasteiger charge is 2.20. The second kappa shape index (κ2) is 4.43. The van der Waals surface area contributed by atoms with Crippen LogP contribution in [0.25, 0.3) is 0 Å². The van der Waals surface area contributed by atoms with Crippen molar-refractivity contribution in [2.45, 2.75) is 27.7 Å². The summed E-state index contributed by atoms with van der Waals surface area (Å²) >= 11 is 0. The first-order valence-electron chi connectivity index (χ1n) is 5.46. The number of piperazine rings is 1. The van der Waals surface area contributed by atoms with E-state index in [0.29, 0.717) is 5.41 Å². The highest BCUT2D eigenvalue weighted by atomic mass is 15.3. The van der Waals surface area contributed by atoms with E-state index in [1.807, 2.05) is 0 Å². The minimum Gasteiger partial charge on any atom is -0.301 e. The maximum absolute atomic E-state index is 2.59. The van der Waals surface area contributed by atoms with Gasteiger partial charge in [-0.25, -0.2) is 0 Å². The predicted molar refractivity (Wildman–Crippen MR) is 58.0 cm³/mol. The molecule has 1 rings (SSSR count). The summed E-state index contributed by atoms with van der Waals surface area (Å²) in [7, 11) is 0. The largest absolute Gasteiger partial charge is 0.301 e. The van der Waals surface area contributed by atoms with E-state index in [2.05, 4.69) is 37.5 Å². The monoisotopic (exact) mass is 184 g/mol. The van der Waals surface area contributed by atoms with Gasteiger partial charge in [-0.15, -0.1) is 0 Å². The van der Waals surface area contributed by atoms with Crippen LogP contribution in [0.5, 0.6) is 0 Å². The zero-order valence-corrected chi connectivity index (χ0v) is 9.64. The molecule has 0 aliphatic carbocycles. The number of rotatable bonds is 2. The van der Waals surface area contributed by atoms with Crippen molar-refractivity contribution in [2.24, 2.45) is 5.41 Å². The number of hydrogen-bond donors (Lipinski definition) is 0. The lowest BCUT2D eigenvalue weighted by Gasteiger charge is -2.37. The van der Waals surface area contributed by atoms with E-state index in [4.69, 9.17) is 0 Å². The van der Waals surface area contributed by atoms with Gasteiger partial charge in [0.2, 0.25) is 0 Å². The summed E-state index contributed by atoms with van der Waals surface area (Å²) in [5, 5.41) is 0. The second-order valence-corrected chi connectivity index (χ2v) is 5.27. The molecule has 0 amide bonds. The summed E-state index contributed by atoms with van der Waals surface area (Å²) in [6.45, 7) is 16.7. The van der Waals surface area contributed by atoms with Gasteiger partial charge in [0.1, 0.15) is 0 Å². The Kier molecular flexibility index (Phi) is 3.74. The van der Waals surface area contributed by atoms with Crippen molar-refractivity contribution in [2.75, 3.05) is 39.3 Å². The molecule has 0 aromatic rings. The Morgan fingerprint density at radius 2 is 1.38 bits per heavy atom. The first-order valence-corrected chi connectivity index (χ1v) is 5.46. The van der Waals surface area contributed by atoms with Crippen LogP contribution in [0.4, 0.5) is 0 Å². The van der Waals surface area contributed by atoms with Crippen LogP contribution in [0.3, 0.4) is 0 Å². The van der Waals surface area contributed by atoms with Gasteiger partial charge in [0, 0.05) is 32.7 Å². The Bertz CT molecular complexity index is 141. The molecule has 0 bridgehead atoms. The minimum absolute atomic E-state index is 0.453. The van der Waals surface area contributed by atoms with Gasteiger partial charge >= 0.3 is 0 Å². The number of nitrogens with zero attached hydrogens (tertiary/aromatic N) is 2. The second-order valence-electron chi connectivity index (χ2n) is 5.27. The Balaban J connectivity index is 2.25. The summed E-state index contributed by atoms with van der Waals surface area (Å²) in [6, 6.07) is 0. The summed E-state index contributed by atoms with van der Waals surface area (Å²) in [4.78, 5) is 5.12. The number of likely N-dealkylation sites (N-methyl/N-ethyl adjacent to an activating group) is 1. The van der Waals surface area contributed by atoms with Crippen molar-refractivity contribution < 1.29 is 0 Å². The molecule has 78 valence electrons. The highest BCUT2D eigenvalue weighted by molar-refractivity contribution is 4.75. The molecular weight excluding hydrogens is 160 g/mol. The Morgan fingerprint density at radius 3 is 1.77 bits per heavy atom. The van der Waals surface area contributed by atoms with Crippen LogP contribution < -0.4 is 0 Å². The van der Waals surface area contributed by atoms with Crippen LogP contribution in [0.1, 0.15) is 27.7 Å². The van der Waals surface area contributed by atoms with E-state index < -0.39 is 0 Å². The molecule has 1 heterocycles. The summed E-state index contributed by atoms with van der Waals surface area (Å²) in [5.74, 6) is 0. The lowest BCUT2D eigenvalue weighted by atomic mass is 9.96. The summed E-state index contributed by atoms with van der Waals surface area (Å²) < 4.78 is 0. The fourth-order valence-electron chi connectivity index (χ4n) is 1.93. The van der Waals surface area contributed by atoms with E-state index in [9.17, 15) is 0 Å². The van der Waals surface area contributed by atoms with E-state index in [1.165, 1.54) is 39.3 Å². The van der Waals surface area contributed by atoms with Crippen LogP contribution in [0, 0.1) is 5.41 Å². The van der Waals surface area contributed by atoms with Gasteiger partial charge in [0.05, 0.1) is 0 Å². The molecule has 1 saturated heterocycles. The van der Waals surface area contributed by atoms with E-state index in [1.54, 1.807) is 0 Å². The van der Waals surface area contributed by atoms with Crippen LogP contribution in [-0.4, -0.2) is 49.1 Å². The fraction of sp³-hybridized carbons (Fsp3) is 1.00. The van der Waals surface area contributed by atoms with Crippen molar-refractivity contribution in [1.29, 1.82) is 0 Å². The molecule has 13 heavy (non-hydrogen) atoms. The van der Waals surface area contributed by atoms with Gasteiger partial charge in [0.25, 0.3) is 0 Å². The van der Waals surface area contributed by atoms with E-state index in [0.717, 1.165) is 0 Å². The van der Waals surface area contributed by atoms with Gasteiger partial charge in [-0.05, 0) is 12.0 Å². The predicted octanol–water partition coefficient (Wildman–Crippen LogP) is 1.67. The third-order valence-corrected chi connectivity index (χ3v) is 2.61. The molecule has 0 atom stereocenters. The summed E-state index contributed by atoms with van der Waals surface area (Å²) in [6.07, 6.45) is 0. The topological polar surface area (TPSA) is 6.48 Å². The van der Waals surface area contributed by atoms with Gasteiger partial charge in [0.15, 0.2) is 0 Å². The lowest BCUT2D eigenvalue weighted by Crippen LogP contribution is -2.48. The van der Waals surface area contributed by atoms with E-state index in [-0.39, 0.29) is 0 Å². The molecule has 0 spiro atoms. The third kappa shape index (κ3) is 4.10. The maximum Gasteiger partial charge on any atom is 0.0110 e. The Morgan fingerprint density at radius 1 is 0.923 bits per heavy atom. The van der Waals surface area contributed by atoms with Crippen LogP contribution in [-0.2, 0) is 0 Å². The van der Waals surface area contributed by atoms with Crippen molar-refractivity contribution in [3.8, 4) is 0 Å². The first-order chi connectivity index (χ1) is 6.01. The molecule has 0 N–H and O–H groups in total. The lowest BCUT2D eigenvalue weighted by molar-refractivity contribution is 0.106. The van der Waals surface area contributed by atoms with Crippen molar-refractivity contribution in [3.63, 3.8) is 0 Å². The van der Waals surface area contributed by atoms with E-state index >= 15 is 0 Å². The normalized spacial score (nSPS) is 22.2. The highest BCUT2D eigenvalue weighted by Crippen LogP contribution is 2.16.